The topological polar surface area (TPSA) is 34.4 Å². The van der Waals surface area contributed by atoms with Crippen LogP contribution in [0.2, 0.25) is 0 Å². The molecule has 0 aliphatic heterocycles. The fraction of sp³-hybridized carbons (Fsp3) is 0.600. The molecule has 0 aromatic carbocycles. The number of rotatable bonds is 5. The molecule has 3 nitrogen and oxygen atoms in total. The van der Waals surface area contributed by atoms with E-state index in [1.807, 2.05) is 27.0 Å². The highest BCUT2D eigenvalue weighted by Crippen LogP contribution is 2.24. The highest BCUT2D eigenvalue weighted by Gasteiger charge is 2.16. The van der Waals surface area contributed by atoms with Gasteiger partial charge in [0.05, 0.1) is 29.5 Å². The van der Waals surface area contributed by atoms with Crippen LogP contribution >= 0.6 is 15.9 Å². The van der Waals surface area contributed by atoms with Gasteiger partial charge in [-0.05, 0) is 42.9 Å². The van der Waals surface area contributed by atoms with Crippen LogP contribution in [0.15, 0.2) is 21.2 Å². The molecular formula is C10H16BrNO2. The minimum Gasteiger partial charge on any atom is -0.466 e. The Morgan fingerprint density at radius 1 is 1.57 bits per heavy atom. The smallest absolute Gasteiger partial charge is 0.137 e. The maximum Gasteiger partial charge on any atom is 0.137 e. The molecule has 0 bridgehead atoms. The highest BCUT2D eigenvalue weighted by atomic mass is 79.9. The van der Waals surface area contributed by atoms with Crippen LogP contribution < -0.4 is 5.32 Å². The van der Waals surface area contributed by atoms with Gasteiger partial charge in [-0.15, -0.1) is 0 Å². The van der Waals surface area contributed by atoms with Crippen molar-refractivity contribution in [1.82, 2.24) is 5.32 Å². The van der Waals surface area contributed by atoms with E-state index in [1.165, 1.54) is 0 Å². The minimum atomic E-state index is 0.0989. The van der Waals surface area contributed by atoms with Crippen LogP contribution in [0.25, 0.3) is 0 Å². The van der Waals surface area contributed by atoms with Gasteiger partial charge in [-0.25, -0.2) is 0 Å². The predicted octanol–water partition coefficient (Wildman–Crippen LogP) is 2.73. The summed E-state index contributed by atoms with van der Waals surface area (Å²) in [6.45, 7) is 4.65. The molecule has 4 heteroatoms. The van der Waals surface area contributed by atoms with Crippen molar-refractivity contribution in [3.63, 3.8) is 0 Å². The monoisotopic (exact) mass is 261 g/mol. The lowest BCUT2D eigenvalue weighted by atomic mass is 10.2. The molecule has 1 atom stereocenters. The van der Waals surface area contributed by atoms with Crippen LogP contribution in [0.5, 0.6) is 0 Å². The molecule has 1 unspecified atom stereocenters. The molecule has 14 heavy (non-hydrogen) atoms. The standard InChI is InChI=1S/C10H16BrNO2/c1-7(2)14-6-9(12-3)10-8(11)4-5-13-10/h4-5,7,9,12H,6H2,1-3H3. The molecular weight excluding hydrogens is 246 g/mol. The zero-order valence-corrected chi connectivity index (χ0v) is 10.3. The Morgan fingerprint density at radius 2 is 2.29 bits per heavy atom. The van der Waals surface area contributed by atoms with Crippen molar-refractivity contribution in [2.45, 2.75) is 26.0 Å². The quantitative estimate of drug-likeness (QED) is 0.885. The summed E-state index contributed by atoms with van der Waals surface area (Å²) in [5.41, 5.74) is 0. The summed E-state index contributed by atoms with van der Waals surface area (Å²) < 4.78 is 11.9. The molecule has 1 N–H and O–H groups in total. The summed E-state index contributed by atoms with van der Waals surface area (Å²) in [6, 6.07) is 1.98. The summed E-state index contributed by atoms with van der Waals surface area (Å²) in [6.07, 6.45) is 1.90. The van der Waals surface area contributed by atoms with E-state index in [9.17, 15) is 0 Å². The molecule has 1 aromatic rings. The van der Waals surface area contributed by atoms with Gasteiger partial charge in [-0.3, -0.25) is 0 Å². The Bertz CT molecular complexity index is 273. The molecule has 0 fully saturated rings. The van der Waals surface area contributed by atoms with E-state index < -0.39 is 0 Å². The van der Waals surface area contributed by atoms with Gasteiger partial charge >= 0.3 is 0 Å². The zero-order valence-electron chi connectivity index (χ0n) is 8.71. The van der Waals surface area contributed by atoms with Crippen LogP contribution in [0.1, 0.15) is 25.6 Å². The van der Waals surface area contributed by atoms with Crippen LogP contribution in [-0.4, -0.2) is 19.8 Å². The van der Waals surface area contributed by atoms with Gasteiger partial charge in [-0.1, -0.05) is 0 Å². The molecule has 0 radical (unpaired) electrons. The first kappa shape index (κ1) is 11.8. The van der Waals surface area contributed by atoms with E-state index in [-0.39, 0.29) is 12.1 Å². The average molecular weight is 262 g/mol. The third-order valence-corrected chi connectivity index (χ3v) is 2.56. The van der Waals surface area contributed by atoms with Gasteiger partial charge in [0.15, 0.2) is 0 Å². The molecule has 0 spiro atoms. The van der Waals surface area contributed by atoms with Crippen molar-refractivity contribution in [2.24, 2.45) is 0 Å². The number of hydrogen-bond acceptors (Lipinski definition) is 3. The maximum atomic E-state index is 5.53. The lowest BCUT2D eigenvalue weighted by Crippen LogP contribution is -2.23. The Hall–Kier alpha value is -0.320. The number of hydrogen-bond donors (Lipinski definition) is 1. The van der Waals surface area contributed by atoms with Crippen molar-refractivity contribution in [3.8, 4) is 0 Å². The van der Waals surface area contributed by atoms with E-state index in [1.54, 1.807) is 6.26 Å². The van der Waals surface area contributed by atoms with Gasteiger partial charge in [0.2, 0.25) is 0 Å². The van der Waals surface area contributed by atoms with Crippen LogP contribution in [0, 0.1) is 0 Å². The van der Waals surface area contributed by atoms with Gasteiger partial charge in [0, 0.05) is 0 Å². The number of ether oxygens (including phenoxy) is 1. The van der Waals surface area contributed by atoms with Crippen LogP contribution in [0.4, 0.5) is 0 Å². The van der Waals surface area contributed by atoms with Crippen LogP contribution in [-0.2, 0) is 4.74 Å². The molecule has 0 saturated carbocycles. The van der Waals surface area contributed by atoms with Gasteiger partial charge in [0.1, 0.15) is 5.76 Å². The van der Waals surface area contributed by atoms with E-state index >= 15 is 0 Å². The van der Waals surface area contributed by atoms with Crippen molar-refractivity contribution in [3.05, 3.63) is 22.6 Å². The van der Waals surface area contributed by atoms with E-state index in [4.69, 9.17) is 9.15 Å². The normalized spacial score (nSPS) is 13.5. The summed E-state index contributed by atoms with van der Waals surface area (Å²) in [4.78, 5) is 0. The summed E-state index contributed by atoms with van der Waals surface area (Å²) in [5.74, 6) is 0.883. The van der Waals surface area contributed by atoms with Crippen molar-refractivity contribution < 1.29 is 9.15 Å². The molecule has 0 aliphatic rings. The fourth-order valence-electron chi connectivity index (χ4n) is 1.13. The lowest BCUT2D eigenvalue weighted by molar-refractivity contribution is 0.0582. The third kappa shape index (κ3) is 3.12. The largest absolute Gasteiger partial charge is 0.466 e. The first-order chi connectivity index (χ1) is 6.65. The predicted molar refractivity (Wildman–Crippen MR) is 59.3 cm³/mol. The zero-order chi connectivity index (χ0) is 10.6. The SMILES string of the molecule is CNC(COC(C)C)c1occc1Br. The number of nitrogens with one attached hydrogen (secondary N) is 1. The molecule has 0 aliphatic carbocycles. The summed E-state index contributed by atoms with van der Waals surface area (Å²) >= 11 is 3.43. The number of halogens is 1. The Balaban J connectivity index is 2.58. The van der Waals surface area contributed by atoms with Gasteiger partial charge in [-0.2, -0.15) is 0 Å². The molecule has 80 valence electrons. The molecule has 0 saturated heterocycles. The Kier molecular flexibility index (Phi) is 4.65. The Labute approximate surface area is 92.9 Å². The van der Waals surface area contributed by atoms with Crippen molar-refractivity contribution in [2.75, 3.05) is 13.7 Å². The van der Waals surface area contributed by atoms with Crippen LogP contribution in [0.3, 0.4) is 0 Å². The fourth-order valence-corrected chi connectivity index (χ4v) is 1.61. The van der Waals surface area contributed by atoms with E-state index in [0.29, 0.717) is 6.61 Å². The lowest BCUT2D eigenvalue weighted by Gasteiger charge is -2.16. The van der Waals surface area contributed by atoms with E-state index in [2.05, 4.69) is 21.2 Å². The second-order valence-corrected chi connectivity index (χ2v) is 4.21. The minimum absolute atomic E-state index is 0.0989. The summed E-state index contributed by atoms with van der Waals surface area (Å²) in [7, 11) is 1.89. The highest BCUT2D eigenvalue weighted by molar-refractivity contribution is 9.10. The first-order valence-corrected chi connectivity index (χ1v) is 5.46. The van der Waals surface area contributed by atoms with Gasteiger partial charge < -0.3 is 14.5 Å². The second-order valence-electron chi connectivity index (χ2n) is 3.36. The van der Waals surface area contributed by atoms with Gasteiger partial charge in [0.25, 0.3) is 0 Å². The number of likely N-dealkylation sites (N-methyl/N-ethyl adjacent to an activating group) is 1. The summed E-state index contributed by atoms with van der Waals surface area (Å²) in [5, 5.41) is 3.15. The Morgan fingerprint density at radius 3 is 2.71 bits per heavy atom. The first-order valence-electron chi connectivity index (χ1n) is 4.67. The third-order valence-electron chi connectivity index (χ3n) is 1.91. The average Bonchev–Trinajstić information content (AvgIpc) is 2.53. The maximum absolute atomic E-state index is 5.53. The van der Waals surface area contributed by atoms with Crippen molar-refractivity contribution >= 4 is 15.9 Å². The van der Waals surface area contributed by atoms with Crippen molar-refractivity contribution in [1.29, 1.82) is 0 Å². The molecule has 1 aromatic heterocycles. The molecule has 1 rings (SSSR count). The molecule has 1 heterocycles. The van der Waals surface area contributed by atoms with E-state index in [0.717, 1.165) is 10.2 Å². The number of furan rings is 1. The molecule has 0 amide bonds. The second kappa shape index (κ2) is 5.53.